The van der Waals surface area contributed by atoms with Crippen molar-refractivity contribution in [3.05, 3.63) is 24.3 Å². The van der Waals surface area contributed by atoms with Gasteiger partial charge in [-0.15, -0.1) is 0 Å². The molecule has 584 valence electrons. The molecule has 0 rings (SSSR count). The molecule has 0 spiro atoms. The van der Waals surface area contributed by atoms with Crippen LogP contribution >= 0.6 is 15.6 Å². The number of rotatable bonds is 77. The van der Waals surface area contributed by atoms with Crippen molar-refractivity contribution in [2.45, 2.75) is 413 Å². The predicted molar refractivity (Wildman–Crippen MR) is 404 cm³/mol. The molecule has 0 radical (unpaired) electrons. The van der Waals surface area contributed by atoms with Crippen molar-refractivity contribution in [2.24, 2.45) is 11.8 Å². The molecule has 0 aliphatic heterocycles. The number of carbonyl (C=O) groups is 4. The van der Waals surface area contributed by atoms with E-state index in [1.54, 1.807) is 0 Å². The molecular weight excluding hydrogens is 1290 g/mol. The summed E-state index contributed by atoms with van der Waals surface area (Å²) < 4.78 is 68.6. The summed E-state index contributed by atoms with van der Waals surface area (Å²) in [4.78, 5) is 73.0. The second kappa shape index (κ2) is 71.2. The summed E-state index contributed by atoms with van der Waals surface area (Å²) in [6.07, 6.45) is 63.2. The highest BCUT2D eigenvalue weighted by atomic mass is 31.2. The van der Waals surface area contributed by atoms with E-state index in [2.05, 4.69) is 65.8 Å². The van der Waals surface area contributed by atoms with Crippen molar-refractivity contribution in [1.82, 2.24) is 0 Å². The normalized spacial score (nSPS) is 14.1. The minimum Gasteiger partial charge on any atom is -0.462 e. The first kappa shape index (κ1) is 96.5. The Bertz CT molecular complexity index is 2000. The van der Waals surface area contributed by atoms with Gasteiger partial charge in [0.25, 0.3) is 0 Å². The van der Waals surface area contributed by atoms with Crippen molar-refractivity contribution in [2.75, 3.05) is 39.6 Å². The molecule has 0 aliphatic rings. The van der Waals surface area contributed by atoms with Gasteiger partial charge in [0.15, 0.2) is 12.2 Å². The summed E-state index contributed by atoms with van der Waals surface area (Å²) in [5.74, 6) is -0.641. The number of allylic oxidation sites excluding steroid dienone is 4. The van der Waals surface area contributed by atoms with Gasteiger partial charge in [-0.05, 0) is 63.2 Å². The maximum absolute atomic E-state index is 13.1. The molecule has 5 atom stereocenters. The third-order valence-corrected chi connectivity index (χ3v) is 20.0. The number of aliphatic hydroxyl groups is 1. The predicted octanol–water partition coefficient (Wildman–Crippen LogP) is 23.4. The maximum atomic E-state index is 13.1. The lowest BCUT2D eigenvalue weighted by Crippen LogP contribution is -2.30. The van der Waals surface area contributed by atoms with E-state index in [0.717, 1.165) is 121 Å². The molecule has 3 N–H and O–H groups in total. The van der Waals surface area contributed by atoms with Crippen LogP contribution in [-0.4, -0.2) is 96.7 Å². The number of aliphatic hydroxyl groups excluding tert-OH is 1. The molecule has 0 aromatic heterocycles. The Balaban J connectivity index is 5.29. The zero-order valence-corrected chi connectivity index (χ0v) is 66.1. The first-order chi connectivity index (χ1) is 47.9. The number of hydrogen-bond acceptors (Lipinski definition) is 15. The summed E-state index contributed by atoms with van der Waals surface area (Å²) in [5, 5.41) is 10.6. The van der Waals surface area contributed by atoms with E-state index in [-0.39, 0.29) is 25.7 Å². The van der Waals surface area contributed by atoms with E-state index in [4.69, 9.17) is 37.0 Å². The fourth-order valence-electron chi connectivity index (χ4n) is 11.8. The van der Waals surface area contributed by atoms with Crippen molar-refractivity contribution < 1.29 is 80.2 Å². The molecule has 0 heterocycles. The van der Waals surface area contributed by atoms with Crippen molar-refractivity contribution in [1.29, 1.82) is 0 Å². The first-order valence-electron chi connectivity index (χ1n) is 40.8. The lowest BCUT2D eigenvalue weighted by atomic mass is 10.0. The molecule has 0 fully saturated rings. The molecule has 0 aromatic rings. The van der Waals surface area contributed by atoms with E-state index in [0.29, 0.717) is 25.7 Å². The first-order valence-corrected chi connectivity index (χ1v) is 43.8. The molecule has 0 amide bonds. The van der Waals surface area contributed by atoms with Crippen LogP contribution in [0.5, 0.6) is 0 Å². The van der Waals surface area contributed by atoms with E-state index < -0.39 is 97.5 Å². The second-order valence-corrected chi connectivity index (χ2v) is 32.0. The number of phosphoric ester groups is 2. The summed E-state index contributed by atoms with van der Waals surface area (Å²) in [7, 11) is -9.93. The van der Waals surface area contributed by atoms with Crippen LogP contribution in [0.3, 0.4) is 0 Å². The van der Waals surface area contributed by atoms with Crippen LogP contribution in [0.4, 0.5) is 0 Å². The highest BCUT2D eigenvalue weighted by Gasteiger charge is 2.30. The molecule has 2 unspecified atom stereocenters. The molecule has 0 bridgehead atoms. The van der Waals surface area contributed by atoms with Crippen LogP contribution in [0.15, 0.2) is 24.3 Å². The molecule has 0 aliphatic carbocycles. The summed E-state index contributed by atoms with van der Waals surface area (Å²) >= 11 is 0. The largest absolute Gasteiger partial charge is 0.472 e. The van der Waals surface area contributed by atoms with Gasteiger partial charge >= 0.3 is 39.5 Å². The Kier molecular flexibility index (Phi) is 69.4. The highest BCUT2D eigenvalue weighted by Crippen LogP contribution is 2.45. The summed E-state index contributed by atoms with van der Waals surface area (Å²) in [6, 6.07) is 0. The number of hydrogen-bond donors (Lipinski definition) is 3. The van der Waals surface area contributed by atoms with Crippen LogP contribution in [0, 0.1) is 11.8 Å². The monoisotopic (exact) mass is 1450 g/mol. The molecular formula is C80H152O17P2. The molecule has 17 nitrogen and oxygen atoms in total. The lowest BCUT2D eigenvalue weighted by Gasteiger charge is -2.21. The molecule has 19 heteroatoms. The number of phosphoric acid groups is 2. The third-order valence-electron chi connectivity index (χ3n) is 18.1. The Morgan fingerprint density at radius 2 is 0.545 bits per heavy atom. The number of unbranched alkanes of at least 4 members (excludes halogenated alkanes) is 44. The van der Waals surface area contributed by atoms with E-state index in [1.807, 2.05) is 0 Å². The van der Waals surface area contributed by atoms with Crippen LogP contribution in [0.2, 0.25) is 0 Å². The van der Waals surface area contributed by atoms with Crippen LogP contribution in [0.1, 0.15) is 395 Å². The molecule has 0 aromatic carbocycles. The van der Waals surface area contributed by atoms with Crippen molar-refractivity contribution in [3.63, 3.8) is 0 Å². The Morgan fingerprint density at radius 1 is 0.313 bits per heavy atom. The molecule has 0 saturated carbocycles. The van der Waals surface area contributed by atoms with Gasteiger partial charge < -0.3 is 33.8 Å². The number of ether oxygens (including phenoxy) is 4. The fraction of sp³-hybridized carbons (Fsp3) is 0.900. The Hall–Kier alpha value is -2.46. The van der Waals surface area contributed by atoms with Gasteiger partial charge in [-0.3, -0.25) is 37.3 Å². The SMILES string of the molecule is CCCCCC/C=C\C=C/CCCCCCCC(=O)OC[C@H](COP(=O)(O)OC[C@@H](O)COP(=O)(O)OC[C@@H](COC(=O)CCCCCCCCCCC(C)C)OC(=O)CCCCCCCCCCCCCCC(C)C)OC(=O)CCCCCCCCCCCCCCCCCCCC. The van der Waals surface area contributed by atoms with Crippen LogP contribution in [0.25, 0.3) is 0 Å². The number of carbonyl (C=O) groups excluding carboxylic acids is 4. The summed E-state index contributed by atoms with van der Waals surface area (Å²) in [5.41, 5.74) is 0. The Morgan fingerprint density at radius 3 is 0.828 bits per heavy atom. The van der Waals surface area contributed by atoms with Gasteiger partial charge in [0.1, 0.15) is 19.3 Å². The summed E-state index contributed by atoms with van der Waals surface area (Å²) in [6.45, 7) is 9.53. The Labute approximate surface area is 605 Å². The average molecular weight is 1450 g/mol. The second-order valence-electron chi connectivity index (χ2n) is 29.1. The quantitative estimate of drug-likeness (QED) is 0.0169. The average Bonchev–Trinajstić information content (AvgIpc) is 0.968. The highest BCUT2D eigenvalue weighted by molar-refractivity contribution is 7.47. The van der Waals surface area contributed by atoms with Gasteiger partial charge in [-0.2, -0.15) is 0 Å². The molecule has 99 heavy (non-hydrogen) atoms. The van der Waals surface area contributed by atoms with E-state index >= 15 is 0 Å². The van der Waals surface area contributed by atoms with E-state index in [9.17, 15) is 43.2 Å². The fourth-order valence-corrected chi connectivity index (χ4v) is 13.4. The zero-order chi connectivity index (χ0) is 72.8. The zero-order valence-electron chi connectivity index (χ0n) is 64.3. The van der Waals surface area contributed by atoms with E-state index in [1.165, 1.54) is 193 Å². The minimum atomic E-state index is -4.97. The smallest absolute Gasteiger partial charge is 0.462 e. The van der Waals surface area contributed by atoms with Crippen molar-refractivity contribution in [3.8, 4) is 0 Å². The van der Waals surface area contributed by atoms with Gasteiger partial charge in [0.2, 0.25) is 0 Å². The van der Waals surface area contributed by atoms with Gasteiger partial charge in [0.05, 0.1) is 26.4 Å². The standard InChI is InChI=1S/C80H152O17P2/c1-7-9-11-13-15-17-19-21-23-24-25-27-29-34-38-46-52-58-64-79(84)96-75(68-90-77(82)62-56-50-44-37-33-28-26-22-20-18-16-14-12-10-8-2)70-94-98(86,87)92-66-74(81)67-93-99(88,89)95-71-76(69-91-78(83)63-57-51-45-41-40-43-49-55-61-73(5)6)97-80(85)65-59-53-47-39-35-31-30-32-36-42-48-54-60-72(3)4/h18,20,22,26,72-76,81H,7-17,19,21,23-25,27-71H2,1-6H3,(H,86,87)(H,88,89)/b20-18-,26-22-/t74-,75-,76-/m1/s1. The maximum Gasteiger partial charge on any atom is 0.472 e. The van der Waals surface area contributed by atoms with Crippen molar-refractivity contribution >= 4 is 39.5 Å². The van der Waals surface area contributed by atoms with Gasteiger partial charge in [-0.1, -0.05) is 342 Å². The lowest BCUT2D eigenvalue weighted by molar-refractivity contribution is -0.161. The van der Waals surface area contributed by atoms with Crippen LogP contribution < -0.4 is 0 Å². The molecule has 0 saturated heterocycles. The van der Waals surface area contributed by atoms with Gasteiger partial charge in [-0.25, -0.2) is 9.13 Å². The minimum absolute atomic E-state index is 0.102. The number of esters is 4. The van der Waals surface area contributed by atoms with Gasteiger partial charge in [0, 0.05) is 25.7 Å². The van der Waals surface area contributed by atoms with Crippen LogP contribution in [-0.2, 0) is 65.4 Å². The third kappa shape index (κ3) is 73.6. The topological polar surface area (TPSA) is 237 Å².